The second-order valence-corrected chi connectivity index (χ2v) is 5.96. The number of guanidine groups is 1. The topological polar surface area (TPSA) is 68.0 Å². The van der Waals surface area contributed by atoms with E-state index in [0.29, 0.717) is 31.4 Å². The average molecular weight is 508 g/mol. The number of furan rings is 1. The Morgan fingerprint density at radius 3 is 2.81 bits per heavy atom. The first-order valence-corrected chi connectivity index (χ1v) is 9.06. The Balaban J connectivity index is 0.00000364. The molecular formula is C19H27ClIN3O3. The maximum absolute atomic E-state index is 6.03. The lowest BCUT2D eigenvalue weighted by Crippen LogP contribution is -2.37. The number of hydrogen-bond acceptors (Lipinski definition) is 4. The molecule has 0 unspecified atom stereocenters. The van der Waals surface area contributed by atoms with Gasteiger partial charge in [0.1, 0.15) is 18.1 Å². The molecule has 0 spiro atoms. The molecule has 8 heteroatoms. The molecule has 0 atom stereocenters. The highest BCUT2D eigenvalue weighted by Gasteiger charge is 2.06. The van der Waals surface area contributed by atoms with Gasteiger partial charge in [0.25, 0.3) is 0 Å². The highest BCUT2D eigenvalue weighted by molar-refractivity contribution is 14.0. The summed E-state index contributed by atoms with van der Waals surface area (Å²) in [6.45, 7) is 5.05. The van der Waals surface area contributed by atoms with Crippen LogP contribution in [0.15, 0.2) is 46.0 Å². The molecule has 0 fully saturated rings. The minimum atomic E-state index is 0. The largest absolute Gasteiger partial charge is 0.493 e. The Bertz CT molecular complexity index is 681. The summed E-state index contributed by atoms with van der Waals surface area (Å²) in [5, 5.41) is 7.20. The van der Waals surface area contributed by atoms with Crippen LogP contribution in [0, 0.1) is 0 Å². The van der Waals surface area contributed by atoms with E-state index in [2.05, 4.69) is 15.6 Å². The number of benzene rings is 1. The first-order valence-electron chi connectivity index (χ1n) is 8.68. The fourth-order valence-corrected chi connectivity index (χ4v) is 2.47. The highest BCUT2D eigenvalue weighted by Crippen LogP contribution is 2.23. The molecule has 0 amide bonds. The van der Waals surface area contributed by atoms with Crippen molar-refractivity contribution in [2.24, 2.45) is 4.99 Å². The van der Waals surface area contributed by atoms with Crippen LogP contribution in [0.4, 0.5) is 0 Å². The monoisotopic (exact) mass is 507 g/mol. The predicted molar refractivity (Wildman–Crippen MR) is 119 cm³/mol. The molecule has 2 N–H and O–H groups in total. The van der Waals surface area contributed by atoms with Gasteiger partial charge in [-0.15, -0.1) is 24.0 Å². The van der Waals surface area contributed by atoms with Gasteiger partial charge in [0.05, 0.1) is 12.9 Å². The fraction of sp³-hybridized carbons (Fsp3) is 0.421. The molecule has 1 aromatic heterocycles. The van der Waals surface area contributed by atoms with Crippen molar-refractivity contribution in [2.75, 3.05) is 26.8 Å². The van der Waals surface area contributed by atoms with Crippen LogP contribution < -0.4 is 15.4 Å². The molecule has 0 saturated heterocycles. The molecule has 0 aliphatic rings. The van der Waals surface area contributed by atoms with E-state index in [9.17, 15) is 0 Å². The smallest absolute Gasteiger partial charge is 0.191 e. The van der Waals surface area contributed by atoms with Crippen LogP contribution >= 0.6 is 35.6 Å². The quantitative estimate of drug-likeness (QED) is 0.218. The number of nitrogens with zero attached hydrogens (tertiary/aromatic N) is 1. The Morgan fingerprint density at radius 2 is 2.11 bits per heavy atom. The van der Waals surface area contributed by atoms with Gasteiger partial charge in [-0.25, -0.2) is 0 Å². The summed E-state index contributed by atoms with van der Waals surface area (Å²) < 4.78 is 16.4. The summed E-state index contributed by atoms with van der Waals surface area (Å²) >= 11 is 6.03. The minimum absolute atomic E-state index is 0. The number of halogens is 2. The lowest BCUT2D eigenvalue weighted by molar-refractivity contribution is 0.105. The SMILES string of the molecule is CCOc1cc(Cl)ccc1CNC(=NC)NCCCOCc1ccco1.I. The number of ether oxygens (including phenoxy) is 2. The van der Waals surface area contributed by atoms with E-state index < -0.39 is 0 Å². The van der Waals surface area contributed by atoms with Gasteiger partial charge in [0.2, 0.25) is 0 Å². The second-order valence-electron chi connectivity index (χ2n) is 5.52. The zero-order valence-corrected chi connectivity index (χ0v) is 18.8. The van der Waals surface area contributed by atoms with Crippen LogP contribution in [0.2, 0.25) is 5.02 Å². The zero-order chi connectivity index (χ0) is 18.6. The van der Waals surface area contributed by atoms with Crippen molar-refractivity contribution >= 4 is 41.5 Å². The molecular weight excluding hydrogens is 481 g/mol. The van der Waals surface area contributed by atoms with Crippen molar-refractivity contribution in [3.8, 4) is 5.75 Å². The summed E-state index contributed by atoms with van der Waals surface area (Å²) in [5.41, 5.74) is 1.03. The molecule has 0 radical (unpaired) electrons. The third-order valence-corrected chi connectivity index (χ3v) is 3.82. The Labute approximate surface area is 182 Å². The van der Waals surface area contributed by atoms with Crippen LogP contribution in [0.5, 0.6) is 5.75 Å². The van der Waals surface area contributed by atoms with Crippen molar-refractivity contribution in [1.29, 1.82) is 0 Å². The van der Waals surface area contributed by atoms with Gasteiger partial charge in [0.15, 0.2) is 5.96 Å². The van der Waals surface area contributed by atoms with E-state index in [1.165, 1.54) is 0 Å². The number of rotatable bonds is 10. The van der Waals surface area contributed by atoms with Crippen LogP contribution in [-0.4, -0.2) is 32.8 Å². The van der Waals surface area contributed by atoms with E-state index in [4.69, 9.17) is 25.5 Å². The maximum atomic E-state index is 6.03. The zero-order valence-electron chi connectivity index (χ0n) is 15.7. The molecule has 2 rings (SSSR count). The van der Waals surface area contributed by atoms with Gasteiger partial charge in [0, 0.05) is 37.3 Å². The van der Waals surface area contributed by atoms with Crippen LogP contribution in [0.3, 0.4) is 0 Å². The predicted octanol–water partition coefficient (Wildman–Crippen LogP) is 4.22. The molecule has 150 valence electrons. The normalized spacial score (nSPS) is 11.0. The summed E-state index contributed by atoms with van der Waals surface area (Å²) in [6, 6.07) is 9.39. The molecule has 2 aromatic rings. The lowest BCUT2D eigenvalue weighted by atomic mass is 10.2. The number of hydrogen-bond donors (Lipinski definition) is 2. The van der Waals surface area contributed by atoms with E-state index in [1.54, 1.807) is 13.3 Å². The number of nitrogens with one attached hydrogen (secondary N) is 2. The average Bonchev–Trinajstić information content (AvgIpc) is 3.15. The second kappa shape index (κ2) is 13.7. The Morgan fingerprint density at radius 1 is 1.26 bits per heavy atom. The molecule has 1 aromatic carbocycles. The van der Waals surface area contributed by atoms with Crippen molar-refractivity contribution in [1.82, 2.24) is 10.6 Å². The fourth-order valence-electron chi connectivity index (χ4n) is 2.31. The number of aliphatic imine (C=N–C) groups is 1. The Kier molecular flexibility index (Phi) is 12.0. The lowest BCUT2D eigenvalue weighted by Gasteiger charge is -2.14. The van der Waals surface area contributed by atoms with E-state index in [0.717, 1.165) is 36.0 Å². The molecule has 6 nitrogen and oxygen atoms in total. The Hall–Kier alpha value is -1.45. The van der Waals surface area contributed by atoms with Crippen LogP contribution in [0.25, 0.3) is 0 Å². The summed E-state index contributed by atoms with van der Waals surface area (Å²) in [4.78, 5) is 4.23. The van der Waals surface area contributed by atoms with Gasteiger partial charge in [-0.3, -0.25) is 4.99 Å². The van der Waals surface area contributed by atoms with Crippen LogP contribution in [0.1, 0.15) is 24.7 Å². The summed E-state index contributed by atoms with van der Waals surface area (Å²) in [5.74, 6) is 2.35. The molecule has 27 heavy (non-hydrogen) atoms. The van der Waals surface area contributed by atoms with E-state index >= 15 is 0 Å². The van der Waals surface area contributed by atoms with E-state index in [1.807, 2.05) is 37.3 Å². The highest BCUT2D eigenvalue weighted by atomic mass is 127. The van der Waals surface area contributed by atoms with Gasteiger partial charge in [-0.1, -0.05) is 17.7 Å². The van der Waals surface area contributed by atoms with Gasteiger partial charge in [-0.2, -0.15) is 0 Å². The molecule has 0 aliphatic carbocycles. The van der Waals surface area contributed by atoms with Gasteiger partial charge >= 0.3 is 0 Å². The maximum Gasteiger partial charge on any atom is 0.191 e. The van der Waals surface area contributed by atoms with Crippen molar-refractivity contribution in [2.45, 2.75) is 26.5 Å². The van der Waals surface area contributed by atoms with Gasteiger partial charge in [-0.05, 0) is 37.6 Å². The summed E-state index contributed by atoms with van der Waals surface area (Å²) in [7, 11) is 1.74. The standard InChI is InChI=1S/C19H26ClN3O3.HI/c1-3-25-18-12-16(20)8-7-15(18)13-23-19(21-2)22-9-5-10-24-14-17-6-4-11-26-17;/h4,6-8,11-12H,3,5,9-10,13-14H2,1-2H3,(H2,21,22,23);1H. The third kappa shape index (κ3) is 8.85. The van der Waals surface area contributed by atoms with Crippen LogP contribution in [-0.2, 0) is 17.9 Å². The van der Waals surface area contributed by atoms with Crippen molar-refractivity contribution in [3.63, 3.8) is 0 Å². The van der Waals surface area contributed by atoms with E-state index in [-0.39, 0.29) is 24.0 Å². The molecule has 0 aliphatic heterocycles. The van der Waals surface area contributed by atoms with Crippen molar-refractivity contribution in [3.05, 3.63) is 52.9 Å². The molecule has 0 saturated carbocycles. The molecule has 1 heterocycles. The minimum Gasteiger partial charge on any atom is -0.493 e. The third-order valence-electron chi connectivity index (χ3n) is 3.58. The molecule has 0 bridgehead atoms. The first-order chi connectivity index (χ1) is 12.7. The first kappa shape index (κ1) is 23.6. The van der Waals surface area contributed by atoms with Crippen molar-refractivity contribution < 1.29 is 13.9 Å². The summed E-state index contributed by atoms with van der Waals surface area (Å²) in [6.07, 6.45) is 2.51. The van der Waals surface area contributed by atoms with Gasteiger partial charge < -0.3 is 24.5 Å².